The van der Waals surface area contributed by atoms with E-state index < -0.39 is 138 Å². The van der Waals surface area contributed by atoms with Crippen LogP contribution in [0.15, 0.2) is 16.7 Å². The van der Waals surface area contributed by atoms with Gasteiger partial charge >= 0.3 is 18.5 Å². The van der Waals surface area contributed by atoms with Crippen LogP contribution in [0.4, 0.5) is 79.0 Å². The number of alkyl halides is 9. The van der Waals surface area contributed by atoms with Crippen LogP contribution in [0.3, 0.4) is 0 Å². The molecule has 264 valence electrons. The lowest BCUT2D eigenvalue weighted by atomic mass is 10.0. The fourth-order valence-corrected chi connectivity index (χ4v) is 4.41. The molecule has 1 aliphatic carbocycles. The summed E-state index contributed by atoms with van der Waals surface area (Å²) < 4.78 is 253. The predicted molar refractivity (Wildman–Crippen MR) is 125 cm³/mol. The minimum atomic E-state index is -6.04. The van der Waals surface area contributed by atoms with Crippen molar-refractivity contribution in [1.82, 2.24) is 15.0 Å². The first kappa shape index (κ1) is 37.7. The zero-order valence-corrected chi connectivity index (χ0v) is 23.0. The number of nitrogens with zero attached hydrogens (tertiary/aromatic N) is 6. The second-order valence-corrected chi connectivity index (χ2v) is 9.34. The normalized spacial score (nSPS) is 13.1. The lowest BCUT2D eigenvalue weighted by molar-refractivity contribution is -0.145. The Balaban J connectivity index is 2.39. The van der Waals surface area contributed by atoms with Crippen molar-refractivity contribution in [1.29, 1.82) is 15.8 Å². The van der Waals surface area contributed by atoms with Crippen LogP contribution in [-0.2, 0) is 18.5 Å². The molecule has 4 rings (SSSR count). The topological polar surface area (TPSA) is 110 Å². The van der Waals surface area contributed by atoms with E-state index in [0.717, 1.165) is 0 Å². The number of aromatic nitrogens is 3. The fourth-order valence-electron chi connectivity index (χ4n) is 4.41. The number of halogens is 18. The van der Waals surface area contributed by atoms with Crippen molar-refractivity contribution in [3.63, 3.8) is 0 Å². The van der Waals surface area contributed by atoms with E-state index >= 15 is 13.2 Å². The van der Waals surface area contributed by atoms with Crippen LogP contribution in [0.2, 0.25) is 0 Å². The average Bonchev–Trinajstić information content (AvgIpc) is 3.72. The molecule has 24 heteroatoms. The monoisotopic (exact) mass is 750 g/mol. The first-order chi connectivity index (χ1) is 23.4. The van der Waals surface area contributed by atoms with Gasteiger partial charge in [-0.1, -0.05) is 0 Å². The molecule has 0 atom stereocenters. The first-order valence-electron chi connectivity index (χ1n) is 12.2. The summed E-state index contributed by atoms with van der Waals surface area (Å²) in [5, 5.41) is 29.1. The van der Waals surface area contributed by atoms with Gasteiger partial charge in [-0.05, 0) is 0 Å². The molecular weight excluding hydrogens is 750 g/mol. The fraction of sp³-hybridized carbons (Fsp3) is 0.111. The van der Waals surface area contributed by atoms with Crippen LogP contribution in [0.5, 0.6) is 0 Å². The van der Waals surface area contributed by atoms with Crippen molar-refractivity contribution >= 4 is 16.7 Å². The van der Waals surface area contributed by atoms with E-state index in [1.807, 2.05) is 15.0 Å². The Morgan fingerprint density at radius 3 is 0.725 bits per heavy atom. The quantitative estimate of drug-likeness (QED) is 0.151. The highest BCUT2D eigenvalue weighted by Crippen LogP contribution is 2.57. The molecule has 0 N–H and O–H groups in total. The summed E-state index contributed by atoms with van der Waals surface area (Å²) in [6.45, 7) is 0. The minimum absolute atomic E-state index is 0.684. The maximum absolute atomic E-state index is 15.1. The highest BCUT2D eigenvalue weighted by Gasteiger charge is 2.49. The molecule has 0 radical (unpaired) electrons. The predicted octanol–water partition coefficient (Wildman–Crippen LogP) is 8.43. The SMILES string of the molecule is N#CC(=C1C(=C(C#N)c2c(F)c(F)nc(C(F)(F)F)c2F)C1=C(C#N)c1c(F)c(F)nc(C(F)(F)F)c1F)c1c(F)c(F)nc(C(F)(F)F)c1F. The van der Waals surface area contributed by atoms with Crippen molar-refractivity contribution in [3.8, 4) is 18.2 Å². The summed E-state index contributed by atoms with van der Waals surface area (Å²) in [6.07, 6.45) is -18.1. The van der Waals surface area contributed by atoms with Crippen molar-refractivity contribution in [2.75, 3.05) is 0 Å². The van der Waals surface area contributed by atoms with Gasteiger partial charge < -0.3 is 0 Å². The maximum atomic E-state index is 15.1. The van der Waals surface area contributed by atoms with Crippen LogP contribution in [0, 0.1) is 86.7 Å². The summed E-state index contributed by atoms with van der Waals surface area (Å²) >= 11 is 0. The van der Waals surface area contributed by atoms with Crippen molar-refractivity contribution < 1.29 is 79.0 Å². The largest absolute Gasteiger partial charge is 0.436 e. The highest BCUT2D eigenvalue weighted by molar-refractivity contribution is 6.12. The molecule has 3 heterocycles. The average molecular weight is 750 g/mol. The van der Waals surface area contributed by atoms with Gasteiger partial charge in [-0.25, -0.2) is 41.3 Å². The highest BCUT2D eigenvalue weighted by atomic mass is 19.4. The Hall–Kier alpha value is -6.12. The standard InChI is InChI=1S/C27F18N6/c28-13-10(16(31)22(34)49-19(13)25(37,38)39)4(1-46)7-8(5(2-47)11-14(29)20(26(40,41)42)50-23(35)17(11)32)9(7)6(3-48)12-15(30)21(27(43,44)45)51-24(36)18(12)33. The molecule has 0 aliphatic heterocycles. The number of allylic oxidation sites excluding steroid dienone is 6. The Morgan fingerprint density at radius 2 is 0.569 bits per heavy atom. The zero-order chi connectivity index (χ0) is 38.9. The van der Waals surface area contributed by atoms with Gasteiger partial charge in [-0.15, -0.1) is 0 Å². The molecule has 0 aromatic carbocycles. The zero-order valence-electron chi connectivity index (χ0n) is 23.0. The lowest BCUT2D eigenvalue weighted by Crippen LogP contribution is -2.16. The molecule has 0 saturated heterocycles. The van der Waals surface area contributed by atoms with E-state index in [2.05, 4.69) is 0 Å². The van der Waals surface area contributed by atoms with Gasteiger partial charge in [0.15, 0.2) is 52.0 Å². The van der Waals surface area contributed by atoms with E-state index in [1.54, 1.807) is 0 Å². The van der Waals surface area contributed by atoms with Crippen molar-refractivity contribution in [2.45, 2.75) is 18.5 Å². The van der Waals surface area contributed by atoms with Crippen molar-refractivity contribution in [3.05, 3.63) is 103 Å². The number of rotatable bonds is 3. The molecule has 1 saturated carbocycles. The van der Waals surface area contributed by atoms with Crippen LogP contribution in [0.1, 0.15) is 33.8 Å². The third-order valence-electron chi connectivity index (χ3n) is 6.44. The van der Waals surface area contributed by atoms with E-state index in [0.29, 0.717) is 18.2 Å². The minimum Gasteiger partial charge on any atom is -0.209 e. The first-order valence-corrected chi connectivity index (χ1v) is 12.2. The third-order valence-corrected chi connectivity index (χ3v) is 6.44. The third kappa shape index (κ3) is 6.15. The number of nitriles is 3. The number of hydrogen-bond donors (Lipinski definition) is 0. The van der Waals surface area contributed by atoms with Gasteiger partial charge in [0.05, 0.1) is 33.4 Å². The summed E-state index contributed by atoms with van der Waals surface area (Å²) in [7, 11) is 0. The van der Waals surface area contributed by atoms with E-state index in [1.165, 1.54) is 0 Å². The van der Waals surface area contributed by atoms with E-state index in [-0.39, 0.29) is 0 Å². The van der Waals surface area contributed by atoms with Crippen LogP contribution in [0.25, 0.3) is 16.7 Å². The van der Waals surface area contributed by atoms with Crippen LogP contribution in [-0.4, -0.2) is 15.0 Å². The van der Waals surface area contributed by atoms with E-state index in [9.17, 15) is 81.6 Å². The van der Waals surface area contributed by atoms with E-state index in [4.69, 9.17) is 0 Å². The number of hydrogen-bond acceptors (Lipinski definition) is 6. The second-order valence-electron chi connectivity index (χ2n) is 9.34. The molecule has 51 heavy (non-hydrogen) atoms. The Morgan fingerprint density at radius 1 is 0.373 bits per heavy atom. The summed E-state index contributed by atoms with van der Waals surface area (Å²) in [5.41, 5.74) is -28.3. The Bertz CT molecular complexity index is 2020. The molecule has 1 aliphatic rings. The summed E-state index contributed by atoms with van der Waals surface area (Å²) in [6, 6.07) is 2.05. The molecule has 3 aromatic heterocycles. The van der Waals surface area contributed by atoms with Crippen LogP contribution < -0.4 is 0 Å². The molecule has 0 amide bonds. The maximum Gasteiger partial charge on any atom is 0.436 e. The van der Waals surface area contributed by atoms with Gasteiger partial charge in [0.2, 0.25) is 17.8 Å². The molecule has 6 nitrogen and oxygen atoms in total. The molecular formula is C27F18N6. The van der Waals surface area contributed by atoms with Gasteiger partial charge in [0.1, 0.15) is 18.2 Å². The van der Waals surface area contributed by atoms with Gasteiger partial charge in [-0.3, -0.25) is 0 Å². The second kappa shape index (κ2) is 12.3. The summed E-state index contributed by atoms with van der Waals surface area (Å²) in [4.78, 5) is 5.87. The van der Waals surface area contributed by atoms with Crippen molar-refractivity contribution in [2.24, 2.45) is 0 Å². The molecule has 0 unspecified atom stereocenters. The Kier molecular flexibility index (Phi) is 9.12. The molecule has 1 fully saturated rings. The Labute approximate surface area is 267 Å². The lowest BCUT2D eigenvalue weighted by Gasteiger charge is -2.11. The number of pyridine rings is 3. The van der Waals surface area contributed by atoms with Gasteiger partial charge in [-0.2, -0.15) is 68.5 Å². The summed E-state index contributed by atoms with van der Waals surface area (Å²) in [5.74, 6) is -26.2. The van der Waals surface area contributed by atoms with Crippen LogP contribution >= 0.6 is 0 Å². The van der Waals surface area contributed by atoms with Gasteiger partial charge in [0.25, 0.3) is 0 Å². The molecule has 3 aromatic rings. The van der Waals surface area contributed by atoms with Gasteiger partial charge in [0, 0.05) is 16.7 Å². The molecule has 0 spiro atoms. The molecule has 0 bridgehead atoms. The smallest absolute Gasteiger partial charge is 0.209 e.